The lowest BCUT2D eigenvalue weighted by molar-refractivity contribution is 0.309. The van der Waals surface area contributed by atoms with E-state index in [1.807, 2.05) is 7.05 Å². The minimum absolute atomic E-state index is 0.461. The molecule has 0 aliphatic carbocycles. The fourth-order valence-electron chi connectivity index (χ4n) is 3.59. The summed E-state index contributed by atoms with van der Waals surface area (Å²) < 4.78 is 0. The minimum Gasteiger partial charge on any atom is -0.369 e. The van der Waals surface area contributed by atoms with Crippen molar-refractivity contribution in [2.75, 3.05) is 45.2 Å². The van der Waals surface area contributed by atoms with Gasteiger partial charge in [-0.15, -0.1) is 0 Å². The van der Waals surface area contributed by atoms with E-state index < -0.39 is 0 Å². The van der Waals surface area contributed by atoms with E-state index in [9.17, 15) is 0 Å². The fourth-order valence-corrected chi connectivity index (χ4v) is 3.59. The van der Waals surface area contributed by atoms with Crippen LogP contribution in [-0.2, 0) is 0 Å². The highest BCUT2D eigenvalue weighted by molar-refractivity contribution is 5.80. The highest BCUT2D eigenvalue weighted by Crippen LogP contribution is 2.19. The fraction of sp³-hybridized carbons (Fsp3) is 0.611. The molecule has 5 nitrogen and oxygen atoms in total. The summed E-state index contributed by atoms with van der Waals surface area (Å²) in [6.45, 7) is 4.33. The van der Waals surface area contributed by atoms with Gasteiger partial charge in [-0.25, -0.2) is 0 Å². The molecule has 0 amide bonds. The number of nitrogens with zero attached hydrogens (tertiary/aromatic N) is 3. The summed E-state index contributed by atoms with van der Waals surface area (Å²) >= 11 is 0. The normalized spacial score (nSPS) is 25.8. The molecule has 1 aromatic rings. The molecule has 0 saturated carbocycles. The van der Waals surface area contributed by atoms with Gasteiger partial charge in [0.2, 0.25) is 0 Å². The zero-order valence-electron chi connectivity index (χ0n) is 14.3. The van der Waals surface area contributed by atoms with Gasteiger partial charge in [-0.1, -0.05) is 18.2 Å². The van der Waals surface area contributed by atoms with E-state index in [2.05, 4.69) is 62.8 Å². The molecule has 5 heteroatoms. The van der Waals surface area contributed by atoms with Gasteiger partial charge in [0.1, 0.15) is 0 Å². The van der Waals surface area contributed by atoms with Crippen LogP contribution in [-0.4, -0.2) is 63.2 Å². The lowest BCUT2D eigenvalue weighted by Crippen LogP contribution is -2.48. The average molecular weight is 315 g/mol. The Morgan fingerprint density at radius 1 is 1.22 bits per heavy atom. The van der Waals surface area contributed by atoms with Gasteiger partial charge in [-0.05, 0) is 45.0 Å². The van der Waals surface area contributed by atoms with Gasteiger partial charge in [0.25, 0.3) is 0 Å². The van der Waals surface area contributed by atoms with Crippen molar-refractivity contribution in [2.24, 2.45) is 4.99 Å². The highest BCUT2D eigenvalue weighted by atomic mass is 15.3. The van der Waals surface area contributed by atoms with E-state index in [4.69, 9.17) is 0 Å². The van der Waals surface area contributed by atoms with E-state index in [1.165, 1.54) is 25.1 Å². The average Bonchev–Trinajstić information content (AvgIpc) is 3.21. The molecule has 126 valence electrons. The van der Waals surface area contributed by atoms with Crippen LogP contribution in [0, 0.1) is 0 Å². The smallest absolute Gasteiger partial charge is 0.191 e. The number of likely N-dealkylation sites (tertiary alicyclic amines) is 1. The number of anilines is 1. The van der Waals surface area contributed by atoms with Crippen LogP contribution in [0.3, 0.4) is 0 Å². The van der Waals surface area contributed by atoms with Gasteiger partial charge in [0.05, 0.1) is 0 Å². The van der Waals surface area contributed by atoms with E-state index >= 15 is 0 Å². The van der Waals surface area contributed by atoms with E-state index in [0.29, 0.717) is 12.1 Å². The standard InChI is InChI=1S/C18H29N5/c1-19-18(20-13-17-9-6-11-22(17)2)21-15-10-12-23(14-15)16-7-4-3-5-8-16/h3-5,7-8,15,17H,6,9-14H2,1-2H3,(H2,19,20,21). The molecule has 2 fully saturated rings. The lowest BCUT2D eigenvalue weighted by atomic mass is 10.2. The second-order valence-electron chi connectivity index (χ2n) is 6.64. The van der Waals surface area contributed by atoms with Crippen molar-refractivity contribution in [2.45, 2.75) is 31.3 Å². The molecule has 3 rings (SSSR count). The number of para-hydroxylation sites is 1. The van der Waals surface area contributed by atoms with Crippen LogP contribution in [0.4, 0.5) is 5.69 Å². The largest absolute Gasteiger partial charge is 0.369 e. The molecule has 2 unspecified atom stereocenters. The molecular formula is C18H29N5. The monoisotopic (exact) mass is 315 g/mol. The van der Waals surface area contributed by atoms with Crippen molar-refractivity contribution in [1.29, 1.82) is 0 Å². The topological polar surface area (TPSA) is 42.9 Å². The van der Waals surface area contributed by atoms with Crippen molar-refractivity contribution in [3.05, 3.63) is 30.3 Å². The van der Waals surface area contributed by atoms with Crippen molar-refractivity contribution < 1.29 is 0 Å². The van der Waals surface area contributed by atoms with Gasteiger partial charge >= 0.3 is 0 Å². The summed E-state index contributed by atoms with van der Waals surface area (Å²) in [7, 11) is 4.07. The third kappa shape index (κ3) is 4.16. The van der Waals surface area contributed by atoms with Crippen molar-refractivity contribution in [1.82, 2.24) is 15.5 Å². The van der Waals surface area contributed by atoms with Gasteiger partial charge in [0, 0.05) is 44.5 Å². The number of likely N-dealkylation sites (N-methyl/N-ethyl adjacent to an activating group) is 1. The van der Waals surface area contributed by atoms with Gasteiger partial charge in [-0.2, -0.15) is 0 Å². The number of hydrogen-bond donors (Lipinski definition) is 2. The predicted molar refractivity (Wildman–Crippen MR) is 97.2 cm³/mol. The van der Waals surface area contributed by atoms with Crippen LogP contribution in [0.1, 0.15) is 19.3 Å². The second-order valence-corrected chi connectivity index (χ2v) is 6.64. The van der Waals surface area contributed by atoms with Crippen LogP contribution >= 0.6 is 0 Å². The number of nitrogens with one attached hydrogen (secondary N) is 2. The Hall–Kier alpha value is -1.75. The molecule has 2 atom stereocenters. The number of guanidine groups is 1. The van der Waals surface area contributed by atoms with Crippen LogP contribution < -0.4 is 15.5 Å². The van der Waals surface area contributed by atoms with Crippen LogP contribution in [0.2, 0.25) is 0 Å². The van der Waals surface area contributed by atoms with Gasteiger partial charge < -0.3 is 20.4 Å². The lowest BCUT2D eigenvalue weighted by Gasteiger charge is -2.23. The highest BCUT2D eigenvalue weighted by Gasteiger charge is 2.24. The molecule has 0 spiro atoms. The summed E-state index contributed by atoms with van der Waals surface area (Å²) in [5, 5.41) is 7.08. The van der Waals surface area contributed by atoms with Crippen molar-refractivity contribution in [3.63, 3.8) is 0 Å². The van der Waals surface area contributed by atoms with Crippen molar-refractivity contribution in [3.8, 4) is 0 Å². The Labute approximate surface area is 139 Å². The first kappa shape index (κ1) is 16.1. The molecule has 1 aromatic carbocycles. The Morgan fingerprint density at radius 3 is 2.74 bits per heavy atom. The first-order valence-electron chi connectivity index (χ1n) is 8.73. The van der Waals surface area contributed by atoms with E-state index in [0.717, 1.165) is 32.0 Å². The molecule has 2 N–H and O–H groups in total. The Kier molecular flexibility index (Phi) is 5.39. The molecule has 0 radical (unpaired) electrons. The van der Waals surface area contributed by atoms with Crippen LogP contribution in [0.5, 0.6) is 0 Å². The molecule has 2 aliphatic rings. The van der Waals surface area contributed by atoms with E-state index in [-0.39, 0.29) is 0 Å². The summed E-state index contributed by atoms with van der Waals surface area (Å²) in [6.07, 6.45) is 3.74. The zero-order valence-corrected chi connectivity index (χ0v) is 14.3. The third-order valence-corrected chi connectivity index (χ3v) is 5.05. The maximum atomic E-state index is 4.39. The van der Waals surface area contributed by atoms with E-state index in [1.54, 1.807) is 0 Å². The quantitative estimate of drug-likeness (QED) is 0.653. The molecule has 0 bridgehead atoms. The second kappa shape index (κ2) is 7.68. The summed E-state index contributed by atoms with van der Waals surface area (Å²) in [4.78, 5) is 9.27. The first-order valence-corrected chi connectivity index (χ1v) is 8.73. The SMILES string of the molecule is CN=C(NCC1CCCN1C)NC1CCN(c2ccccc2)C1. The van der Waals surface area contributed by atoms with Crippen molar-refractivity contribution >= 4 is 11.6 Å². The zero-order chi connectivity index (χ0) is 16.1. The third-order valence-electron chi connectivity index (χ3n) is 5.05. The first-order chi connectivity index (χ1) is 11.3. The maximum absolute atomic E-state index is 4.39. The minimum atomic E-state index is 0.461. The maximum Gasteiger partial charge on any atom is 0.191 e. The van der Waals surface area contributed by atoms with Gasteiger partial charge in [0.15, 0.2) is 5.96 Å². The summed E-state index contributed by atoms with van der Waals surface area (Å²) in [5.74, 6) is 0.935. The molecule has 2 heterocycles. The Morgan fingerprint density at radius 2 is 2.04 bits per heavy atom. The molecule has 0 aromatic heterocycles. The Bertz CT molecular complexity index is 515. The van der Waals surface area contributed by atoms with Crippen LogP contribution in [0.25, 0.3) is 0 Å². The molecule has 2 saturated heterocycles. The summed E-state index contributed by atoms with van der Waals surface area (Å²) in [6, 6.07) is 11.8. The van der Waals surface area contributed by atoms with Gasteiger partial charge in [-0.3, -0.25) is 4.99 Å². The Balaban J connectivity index is 1.46. The molecular weight excluding hydrogens is 286 g/mol. The number of aliphatic imine (C=N–C) groups is 1. The molecule has 2 aliphatic heterocycles. The summed E-state index contributed by atoms with van der Waals surface area (Å²) in [5.41, 5.74) is 1.31. The number of benzene rings is 1. The molecule has 23 heavy (non-hydrogen) atoms. The van der Waals surface area contributed by atoms with Crippen LogP contribution in [0.15, 0.2) is 35.3 Å². The number of rotatable bonds is 4. The predicted octanol–water partition coefficient (Wildman–Crippen LogP) is 1.52. The number of hydrogen-bond acceptors (Lipinski definition) is 3.